The summed E-state index contributed by atoms with van der Waals surface area (Å²) < 4.78 is 32.8. The van der Waals surface area contributed by atoms with E-state index >= 15 is 0 Å². The molecule has 0 aromatic heterocycles. The van der Waals surface area contributed by atoms with Crippen LogP contribution in [0.25, 0.3) is 6.08 Å². The van der Waals surface area contributed by atoms with Crippen molar-refractivity contribution >= 4 is 30.0 Å². The smallest absolute Gasteiger partial charge is 0.373 e. The lowest BCUT2D eigenvalue weighted by molar-refractivity contribution is -0.279. The van der Waals surface area contributed by atoms with Crippen molar-refractivity contribution in [2.24, 2.45) is 5.92 Å². The number of carbonyl (C=O) groups is 4. The Labute approximate surface area is 198 Å². The molecule has 1 aromatic carbocycles. The van der Waals surface area contributed by atoms with E-state index in [9.17, 15) is 19.2 Å². The van der Waals surface area contributed by atoms with Crippen LogP contribution in [-0.4, -0.2) is 61.7 Å². The van der Waals surface area contributed by atoms with Crippen LogP contribution in [-0.2, 0) is 47.6 Å². The van der Waals surface area contributed by atoms with Crippen molar-refractivity contribution in [3.8, 4) is 0 Å². The topological polar surface area (TPSA) is 124 Å². The predicted octanol–water partition coefficient (Wildman–Crippen LogP) is 2.39. The molecule has 186 valence electrons. The zero-order valence-electron chi connectivity index (χ0n) is 19.8. The number of ether oxygens (including phenoxy) is 6. The molecule has 0 N–H and O–H groups in total. The molecule has 0 bridgehead atoms. The summed E-state index contributed by atoms with van der Waals surface area (Å²) >= 11 is 0. The molecule has 10 nitrogen and oxygen atoms in total. The van der Waals surface area contributed by atoms with Crippen molar-refractivity contribution in [1.82, 2.24) is 0 Å². The van der Waals surface area contributed by atoms with E-state index in [4.69, 9.17) is 28.4 Å². The van der Waals surface area contributed by atoms with Crippen LogP contribution in [0.5, 0.6) is 0 Å². The summed E-state index contributed by atoms with van der Waals surface area (Å²) in [6, 6.07) is 8.96. The molecule has 1 saturated heterocycles. The number of hydrogen-bond donors (Lipinski definition) is 0. The number of carbonyl (C=O) groups excluding carboxylic acids is 4. The van der Waals surface area contributed by atoms with Gasteiger partial charge in [0.05, 0.1) is 12.5 Å². The Bertz CT molecular complexity index is 894. The standard InChI is InChI=1S/C24H30O10/c1-6-29-23(28)19(12-18-10-8-7-9-11-18)33-24-14(2)21(31-16(4)26)22(32-17(5)27)20(34-24)13-30-15(3)25/h7-12,14,20-22,24H,6,13H2,1-5H3/b19-12-/t14-,20-,21-,22+,24-/m0/s1. The fourth-order valence-corrected chi connectivity index (χ4v) is 3.38. The summed E-state index contributed by atoms with van der Waals surface area (Å²) in [5, 5.41) is 0. The summed E-state index contributed by atoms with van der Waals surface area (Å²) in [7, 11) is 0. The number of hydrogen-bond acceptors (Lipinski definition) is 10. The lowest BCUT2D eigenvalue weighted by atomic mass is 9.91. The Hall–Kier alpha value is -3.40. The minimum absolute atomic E-state index is 0.120. The molecule has 1 heterocycles. The summed E-state index contributed by atoms with van der Waals surface area (Å²) in [5.74, 6) is -3.38. The van der Waals surface area contributed by atoms with Gasteiger partial charge < -0.3 is 28.4 Å². The maximum absolute atomic E-state index is 12.6. The third kappa shape index (κ3) is 7.87. The van der Waals surface area contributed by atoms with Crippen LogP contribution < -0.4 is 0 Å². The van der Waals surface area contributed by atoms with Gasteiger partial charge in [0.25, 0.3) is 0 Å². The summed E-state index contributed by atoms with van der Waals surface area (Å²) in [6.07, 6.45) is -2.73. The van der Waals surface area contributed by atoms with Gasteiger partial charge in [0.15, 0.2) is 6.10 Å². The highest BCUT2D eigenvalue weighted by atomic mass is 16.7. The van der Waals surface area contributed by atoms with E-state index in [0.29, 0.717) is 5.56 Å². The van der Waals surface area contributed by atoms with Crippen molar-refractivity contribution in [3.05, 3.63) is 41.7 Å². The van der Waals surface area contributed by atoms with Gasteiger partial charge in [0.1, 0.15) is 18.8 Å². The number of benzene rings is 1. The Morgan fingerprint density at radius 2 is 1.50 bits per heavy atom. The average Bonchev–Trinajstić information content (AvgIpc) is 2.76. The summed E-state index contributed by atoms with van der Waals surface area (Å²) in [5.41, 5.74) is 0.680. The lowest BCUT2D eigenvalue weighted by Crippen LogP contribution is -2.58. The molecule has 0 saturated carbocycles. The van der Waals surface area contributed by atoms with Gasteiger partial charge in [-0.2, -0.15) is 0 Å². The van der Waals surface area contributed by atoms with E-state index in [0.717, 1.165) is 0 Å². The van der Waals surface area contributed by atoms with Gasteiger partial charge in [0, 0.05) is 20.8 Å². The summed E-state index contributed by atoms with van der Waals surface area (Å²) in [6.45, 7) is 6.76. The second-order valence-electron chi connectivity index (χ2n) is 7.61. The Kier molecular flexibility index (Phi) is 10.1. The van der Waals surface area contributed by atoms with E-state index in [1.54, 1.807) is 38.1 Å². The van der Waals surface area contributed by atoms with Crippen LogP contribution in [0.4, 0.5) is 0 Å². The zero-order valence-corrected chi connectivity index (χ0v) is 19.8. The highest BCUT2D eigenvalue weighted by Gasteiger charge is 2.49. The van der Waals surface area contributed by atoms with Crippen molar-refractivity contribution in [3.63, 3.8) is 0 Å². The Balaban J connectivity index is 2.40. The van der Waals surface area contributed by atoms with Crippen molar-refractivity contribution in [1.29, 1.82) is 0 Å². The van der Waals surface area contributed by atoms with Gasteiger partial charge in [-0.3, -0.25) is 14.4 Å². The quantitative estimate of drug-likeness (QED) is 0.226. The van der Waals surface area contributed by atoms with Crippen molar-refractivity contribution in [2.75, 3.05) is 13.2 Å². The van der Waals surface area contributed by atoms with Crippen LogP contribution >= 0.6 is 0 Å². The molecular formula is C24H30O10. The molecule has 0 radical (unpaired) electrons. The van der Waals surface area contributed by atoms with Gasteiger partial charge in [0.2, 0.25) is 12.0 Å². The van der Waals surface area contributed by atoms with Crippen molar-refractivity contribution < 1.29 is 47.6 Å². The fourth-order valence-electron chi connectivity index (χ4n) is 3.38. The lowest BCUT2D eigenvalue weighted by Gasteiger charge is -2.43. The molecule has 0 amide bonds. The second-order valence-corrected chi connectivity index (χ2v) is 7.61. The van der Waals surface area contributed by atoms with E-state index in [1.165, 1.54) is 26.8 Å². The molecule has 0 aliphatic carbocycles. The van der Waals surface area contributed by atoms with Gasteiger partial charge >= 0.3 is 23.9 Å². The first kappa shape index (κ1) is 26.8. The van der Waals surface area contributed by atoms with Gasteiger partial charge in [-0.1, -0.05) is 37.3 Å². The van der Waals surface area contributed by atoms with Crippen LogP contribution in [0, 0.1) is 5.92 Å². The predicted molar refractivity (Wildman–Crippen MR) is 118 cm³/mol. The first-order chi connectivity index (χ1) is 16.1. The van der Waals surface area contributed by atoms with Crippen molar-refractivity contribution in [2.45, 2.75) is 59.2 Å². The average molecular weight is 478 g/mol. The SMILES string of the molecule is CCOC(=O)/C(=C/c1ccccc1)O[C@H]1O[C@@H](COC(C)=O)[C@@H](OC(C)=O)[C@@H](OC(C)=O)[C@@H]1C. The molecule has 5 atom stereocenters. The molecule has 0 spiro atoms. The second kappa shape index (κ2) is 12.7. The molecular weight excluding hydrogens is 448 g/mol. The van der Waals surface area contributed by atoms with E-state index in [1.807, 2.05) is 6.07 Å². The summed E-state index contributed by atoms with van der Waals surface area (Å²) in [4.78, 5) is 47.5. The third-order valence-electron chi connectivity index (χ3n) is 4.82. The van der Waals surface area contributed by atoms with Gasteiger partial charge in [-0.25, -0.2) is 4.79 Å². The van der Waals surface area contributed by atoms with E-state index in [-0.39, 0.29) is 19.0 Å². The van der Waals surface area contributed by atoms with Gasteiger partial charge in [-0.05, 0) is 18.6 Å². The van der Waals surface area contributed by atoms with E-state index < -0.39 is 54.4 Å². The monoisotopic (exact) mass is 478 g/mol. The van der Waals surface area contributed by atoms with E-state index in [2.05, 4.69) is 0 Å². The molecule has 1 aliphatic heterocycles. The fraction of sp³-hybridized carbons (Fsp3) is 0.500. The molecule has 2 rings (SSSR count). The minimum atomic E-state index is -1.13. The highest BCUT2D eigenvalue weighted by molar-refractivity contribution is 5.91. The van der Waals surface area contributed by atoms with Crippen LogP contribution in [0.1, 0.15) is 40.2 Å². The number of esters is 4. The molecule has 10 heteroatoms. The largest absolute Gasteiger partial charge is 0.463 e. The van der Waals surface area contributed by atoms with Gasteiger partial charge in [-0.15, -0.1) is 0 Å². The van der Waals surface area contributed by atoms with Crippen LogP contribution in [0.15, 0.2) is 36.1 Å². The zero-order chi connectivity index (χ0) is 25.3. The normalized spacial score (nSPS) is 24.5. The minimum Gasteiger partial charge on any atom is -0.463 e. The molecule has 1 aromatic rings. The molecule has 0 unspecified atom stereocenters. The molecule has 34 heavy (non-hydrogen) atoms. The maximum atomic E-state index is 12.6. The van der Waals surface area contributed by atoms with Crippen LogP contribution in [0.2, 0.25) is 0 Å². The highest BCUT2D eigenvalue weighted by Crippen LogP contribution is 2.33. The van der Waals surface area contributed by atoms with Crippen LogP contribution in [0.3, 0.4) is 0 Å². The number of rotatable bonds is 9. The molecule has 1 aliphatic rings. The first-order valence-electron chi connectivity index (χ1n) is 10.9. The maximum Gasteiger partial charge on any atom is 0.373 e. The third-order valence-corrected chi connectivity index (χ3v) is 4.82. The molecule has 1 fully saturated rings. The Morgan fingerprint density at radius 1 is 0.882 bits per heavy atom. The Morgan fingerprint density at radius 3 is 2.06 bits per heavy atom. The first-order valence-corrected chi connectivity index (χ1v) is 10.9.